The van der Waals surface area contributed by atoms with Crippen LogP contribution in [-0.4, -0.2) is 11.0 Å². The van der Waals surface area contributed by atoms with Crippen molar-refractivity contribution in [1.29, 1.82) is 0 Å². The summed E-state index contributed by atoms with van der Waals surface area (Å²) in [7, 11) is 0. The number of amidine groups is 1. The van der Waals surface area contributed by atoms with Gasteiger partial charge in [0.25, 0.3) is 0 Å². The molecule has 0 aliphatic heterocycles. The Bertz CT molecular complexity index is 281. The largest absolute Gasteiger partial charge is 0.409 e. The molecule has 2 radical (unpaired) electrons. The third kappa shape index (κ3) is 1.49. The Balaban J connectivity index is 3.14. The highest BCUT2D eigenvalue weighted by Gasteiger charge is 2.00. The van der Waals surface area contributed by atoms with Crippen LogP contribution in [0.4, 0.5) is 0 Å². The maximum atomic E-state index is 8.32. The second-order valence-electron chi connectivity index (χ2n) is 2.07. The van der Waals surface area contributed by atoms with Gasteiger partial charge in [0.1, 0.15) is 0 Å². The minimum atomic E-state index is 0.0306. The summed E-state index contributed by atoms with van der Waals surface area (Å²) in [6.07, 6.45) is 0. The van der Waals surface area contributed by atoms with Crippen LogP contribution in [-0.2, 0) is 0 Å². The molecule has 0 atom stereocenters. The van der Waals surface area contributed by atoms with Crippen molar-refractivity contribution in [2.75, 3.05) is 0 Å². The van der Waals surface area contributed by atoms with E-state index in [1.54, 1.807) is 24.3 Å². The molecule has 0 aliphatic carbocycles. The van der Waals surface area contributed by atoms with Gasteiger partial charge in [0.05, 0.1) is 0 Å². The molecule has 1 aromatic carbocycles. The Morgan fingerprint density at radius 2 is 2.09 bits per heavy atom. The van der Waals surface area contributed by atoms with Gasteiger partial charge in [-0.1, -0.05) is 29.4 Å². The summed E-state index contributed by atoms with van der Waals surface area (Å²) in [5, 5.41) is 11.2. The average Bonchev–Trinajstić information content (AvgIpc) is 2.04. The summed E-state index contributed by atoms with van der Waals surface area (Å²) in [5.41, 5.74) is 6.37. The lowest BCUT2D eigenvalue weighted by atomic mass is 10.1. The van der Waals surface area contributed by atoms with E-state index in [0.29, 0.717) is 11.1 Å². The van der Waals surface area contributed by atoms with Crippen LogP contribution >= 0.6 is 0 Å². The molecule has 0 saturated heterocycles. The standard InChI is InChI=1S/C8H8N2O/c1-6-4-2-3-5-7(6)8(9)10-11/h1-5,11H,(H2,9,10). The molecule has 1 rings (SSSR count). The van der Waals surface area contributed by atoms with Gasteiger partial charge in [-0.05, 0) is 12.5 Å². The molecule has 3 N–H and O–H groups in total. The predicted octanol–water partition coefficient (Wildman–Crippen LogP) is 0.840. The van der Waals surface area contributed by atoms with Gasteiger partial charge in [0, 0.05) is 5.56 Å². The topological polar surface area (TPSA) is 58.6 Å². The first-order valence-corrected chi connectivity index (χ1v) is 3.08. The molecule has 0 amide bonds. The maximum Gasteiger partial charge on any atom is 0.170 e. The average molecular weight is 148 g/mol. The molecule has 0 spiro atoms. The van der Waals surface area contributed by atoms with E-state index in [0.717, 1.165) is 0 Å². The second kappa shape index (κ2) is 3.05. The van der Waals surface area contributed by atoms with Crippen molar-refractivity contribution in [3.05, 3.63) is 42.3 Å². The molecule has 3 heteroatoms. The number of nitrogens with two attached hydrogens (primary N) is 1. The van der Waals surface area contributed by atoms with E-state index in [-0.39, 0.29) is 5.84 Å². The smallest absolute Gasteiger partial charge is 0.170 e. The highest BCUT2D eigenvalue weighted by molar-refractivity contribution is 5.98. The lowest BCUT2D eigenvalue weighted by Crippen LogP contribution is -2.14. The first-order chi connectivity index (χ1) is 5.25. The van der Waals surface area contributed by atoms with E-state index in [2.05, 4.69) is 5.16 Å². The summed E-state index contributed by atoms with van der Waals surface area (Å²) >= 11 is 0. The zero-order chi connectivity index (χ0) is 8.27. The molecule has 0 fully saturated rings. The number of benzene rings is 1. The van der Waals surface area contributed by atoms with Crippen molar-refractivity contribution in [2.24, 2.45) is 10.9 Å². The summed E-state index contributed by atoms with van der Waals surface area (Å²) in [5.74, 6) is 0.0306. The van der Waals surface area contributed by atoms with Crippen molar-refractivity contribution >= 4 is 5.84 Å². The molecule has 11 heavy (non-hydrogen) atoms. The Hall–Kier alpha value is -1.51. The van der Waals surface area contributed by atoms with Gasteiger partial charge >= 0.3 is 0 Å². The van der Waals surface area contributed by atoms with Gasteiger partial charge in [0.15, 0.2) is 5.84 Å². The van der Waals surface area contributed by atoms with Gasteiger partial charge in [-0.2, -0.15) is 0 Å². The minimum Gasteiger partial charge on any atom is -0.409 e. The lowest BCUT2D eigenvalue weighted by molar-refractivity contribution is 0.318. The van der Waals surface area contributed by atoms with Crippen LogP contribution in [0.2, 0.25) is 0 Å². The van der Waals surface area contributed by atoms with E-state index in [9.17, 15) is 0 Å². The normalized spacial score (nSPS) is 11.5. The molecule has 3 nitrogen and oxygen atoms in total. The van der Waals surface area contributed by atoms with Crippen molar-refractivity contribution in [3.63, 3.8) is 0 Å². The zero-order valence-electron chi connectivity index (χ0n) is 5.86. The molecular formula is C8H8N2O. The molecule has 0 aliphatic rings. The van der Waals surface area contributed by atoms with Crippen LogP contribution in [0.1, 0.15) is 11.1 Å². The Morgan fingerprint density at radius 3 is 2.64 bits per heavy atom. The minimum absolute atomic E-state index is 0.0306. The molecule has 1 aromatic rings. The quantitative estimate of drug-likeness (QED) is 0.268. The number of hydrogen-bond acceptors (Lipinski definition) is 2. The molecule has 0 unspecified atom stereocenters. The summed E-state index contributed by atoms with van der Waals surface area (Å²) in [6.45, 7) is 5.53. The van der Waals surface area contributed by atoms with Gasteiger partial charge in [-0.3, -0.25) is 0 Å². The third-order valence-corrected chi connectivity index (χ3v) is 1.34. The van der Waals surface area contributed by atoms with Crippen LogP contribution in [0.25, 0.3) is 0 Å². The van der Waals surface area contributed by atoms with E-state index in [1.807, 2.05) is 0 Å². The highest BCUT2D eigenvalue weighted by atomic mass is 16.4. The second-order valence-corrected chi connectivity index (χ2v) is 2.07. The summed E-state index contributed by atoms with van der Waals surface area (Å²) in [6, 6.07) is 6.92. The number of oxime groups is 1. The van der Waals surface area contributed by atoms with Crippen LogP contribution in [0.3, 0.4) is 0 Å². The molecule has 56 valence electrons. The number of nitrogens with zero attached hydrogens (tertiary/aromatic N) is 1. The van der Waals surface area contributed by atoms with E-state index in [4.69, 9.17) is 17.9 Å². The van der Waals surface area contributed by atoms with Crippen molar-refractivity contribution in [3.8, 4) is 0 Å². The SMILES string of the molecule is [CH]c1ccccc1/C(N)=N/O. The summed E-state index contributed by atoms with van der Waals surface area (Å²) in [4.78, 5) is 0. The van der Waals surface area contributed by atoms with Gasteiger partial charge in [-0.25, -0.2) is 0 Å². The molecular weight excluding hydrogens is 140 g/mol. The first-order valence-electron chi connectivity index (χ1n) is 3.08. The molecule has 0 bridgehead atoms. The zero-order valence-corrected chi connectivity index (χ0v) is 5.86. The van der Waals surface area contributed by atoms with Crippen molar-refractivity contribution < 1.29 is 5.21 Å². The first kappa shape index (κ1) is 7.60. The summed E-state index contributed by atoms with van der Waals surface area (Å²) < 4.78 is 0. The Morgan fingerprint density at radius 1 is 1.45 bits per heavy atom. The van der Waals surface area contributed by atoms with Crippen LogP contribution in [0.15, 0.2) is 29.4 Å². The Kier molecular flexibility index (Phi) is 2.11. The number of hydrogen-bond donors (Lipinski definition) is 2. The van der Waals surface area contributed by atoms with Crippen LogP contribution in [0.5, 0.6) is 0 Å². The highest BCUT2D eigenvalue weighted by Crippen LogP contribution is 2.05. The van der Waals surface area contributed by atoms with E-state index in [1.165, 1.54) is 0 Å². The van der Waals surface area contributed by atoms with E-state index >= 15 is 0 Å². The van der Waals surface area contributed by atoms with Crippen molar-refractivity contribution in [2.45, 2.75) is 0 Å². The predicted molar refractivity (Wildman–Crippen MR) is 42.4 cm³/mol. The third-order valence-electron chi connectivity index (χ3n) is 1.34. The fraction of sp³-hybridized carbons (Fsp3) is 0. The van der Waals surface area contributed by atoms with Crippen molar-refractivity contribution in [1.82, 2.24) is 0 Å². The maximum absolute atomic E-state index is 8.32. The van der Waals surface area contributed by atoms with Crippen LogP contribution in [0, 0.1) is 6.92 Å². The molecule has 0 saturated carbocycles. The fourth-order valence-corrected chi connectivity index (χ4v) is 0.784. The van der Waals surface area contributed by atoms with Gasteiger partial charge in [-0.15, -0.1) is 0 Å². The number of rotatable bonds is 1. The van der Waals surface area contributed by atoms with Crippen LogP contribution < -0.4 is 5.73 Å². The van der Waals surface area contributed by atoms with Gasteiger partial charge in [0.2, 0.25) is 0 Å². The van der Waals surface area contributed by atoms with E-state index < -0.39 is 0 Å². The molecule has 0 heterocycles. The lowest BCUT2D eigenvalue weighted by Gasteiger charge is -2.00. The molecule has 0 aromatic heterocycles. The van der Waals surface area contributed by atoms with Gasteiger partial charge < -0.3 is 10.9 Å². The monoisotopic (exact) mass is 148 g/mol. The Labute approximate surface area is 65.1 Å². The fourth-order valence-electron chi connectivity index (χ4n) is 0.784.